The van der Waals surface area contributed by atoms with Gasteiger partial charge in [-0.3, -0.25) is 4.79 Å². The first-order valence-electron chi connectivity index (χ1n) is 6.47. The molecule has 0 bridgehead atoms. The van der Waals surface area contributed by atoms with Crippen molar-refractivity contribution in [1.29, 1.82) is 0 Å². The lowest BCUT2D eigenvalue weighted by Gasteiger charge is -2.24. The van der Waals surface area contributed by atoms with Crippen molar-refractivity contribution in [2.45, 2.75) is 6.10 Å². The number of hydrogen-bond acceptors (Lipinski definition) is 6. The molecule has 0 aliphatic carbocycles. The highest BCUT2D eigenvalue weighted by Crippen LogP contribution is 2.31. The summed E-state index contributed by atoms with van der Waals surface area (Å²) >= 11 is 6.90. The van der Waals surface area contributed by atoms with Gasteiger partial charge in [-0.15, -0.1) is 11.3 Å². The van der Waals surface area contributed by atoms with Gasteiger partial charge in [-0.25, -0.2) is 4.79 Å². The second kappa shape index (κ2) is 6.37. The molecule has 1 aliphatic rings. The Balaban J connectivity index is 1.56. The summed E-state index contributed by atoms with van der Waals surface area (Å²) in [4.78, 5) is 24.2. The fraction of sp³-hybridized carbons (Fsp3) is 0.200. The lowest BCUT2D eigenvalue weighted by molar-refractivity contribution is -0.153. The van der Waals surface area contributed by atoms with Crippen LogP contribution in [0.4, 0.5) is 0 Å². The molecule has 114 valence electrons. The predicted molar refractivity (Wildman–Crippen MR) is 81.0 cm³/mol. The second-order valence-corrected chi connectivity index (χ2v) is 6.21. The molecule has 2 heterocycles. The van der Waals surface area contributed by atoms with Gasteiger partial charge in [0, 0.05) is 0 Å². The van der Waals surface area contributed by atoms with E-state index in [4.69, 9.17) is 25.8 Å². The Morgan fingerprint density at radius 3 is 2.73 bits per heavy atom. The zero-order valence-corrected chi connectivity index (χ0v) is 12.9. The Hall–Kier alpha value is -2.05. The number of thiophene rings is 1. The van der Waals surface area contributed by atoms with Crippen LogP contribution in [0.3, 0.4) is 0 Å². The van der Waals surface area contributed by atoms with Gasteiger partial charge in [-0.2, -0.15) is 0 Å². The minimum absolute atomic E-state index is 0.0505. The molecule has 0 saturated heterocycles. The van der Waals surface area contributed by atoms with E-state index in [0.717, 1.165) is 11.3 Å². The molecule has 1 aromatic heterocycles. The Morgan fingerprint density at radius 1 is 1.23 bits per heavy atom. The van der Waals surface area contributed by atoms with E-state index in [0.29, 0.717) is 20.7 Å². The van der Waals surface area contributed by atoms with Crippen molar-refractivity contribution >= 4 is 34.7 Å². The molecule has 0 saturated carbocycles. The molecule has 3 rings (SSSR count). The molecule has 2 aromatic rings. The Kier molecular flexibility index (Phi) is 4.31. The number of Topliss-reactive ketones (excluding diaryl/α,β-unsaturated/α-hetero) is 1. The summed E-state index contributed by atoms with van der Waals surface area (Å²) in [5.74, 6) is 0.121. The maximum Gasteiger partial charge on any atom is 0.351 e. The summed E-state index contributed by atoms with van der Waals surface area (Å²) in [5, 5.41) is 0. The number of ketones is 1. The molecule has 5 nitrogen and oxygen atoms in total. The zero-order valence-electron chi connectivity index (χ0n) is 11.3. The highest BCUT2D eigenvalue weighted by molar-refractivity contribution is 7.18. The third-order valence-corrected chi connectivity index (χ3v) is 4.24. The van der Waals surface area contributed by atoms with Crippen molar-refractivity contribution in [3.8, 4) is 11.5 Å². The largest absolute Gasteiger partial charge is 0.485 e. The summed E-state index contributed by atoms with van der Waals surface area (Å²) < 4.78 is 16.4. The molecule has 1 unspecified atom stereocenters. The number of carbonyl (C=O) groups is 2. The van der Waals surface area contributed by atoms with Crippen LogP contribution >= 0.6 is 22.9 Å². The van der Waals surface area contributed by atoms with E-state index in [1.165, 1.54) is 0 Å². The third-order valence-electron chi connectivity index (χ3n) is 2.97. The van der Waals surface area contributed by atoms with Crippen molar-refractivity contribution in [3.05, 3.63) is 45.6 Å². The summed E-state index contributed by atoms with van der Waals surface area (Å²) in [5.41, 5.74) is 0. The van der Waals surface area contributed by atoms with E-state index in [2.05, 4.69) is 0 Å². The van der Waals surface area contributed by atoms with Crippen molar-refractivity contribution in [3.63, 3.8) is 0 Å². The van der Waals surface area contributed by atoms with Gasteiger partial charge in [0.05, 0.1) is 9.21 Å². The van der Waals surface area contributed by atoms with Gasteiger partial charge in [0.25, 0.3) is 0 Å². The molecule has 1 atom stereocenters. The van der Waals surface area contributed by atoms with Crippen LogP contribution < -0.4 is 9.47 Å². The van der Waals surface area contributed by atoms with Gasteiger partial charge in [0.1, 0.15) is 6.61 Å². The van der Waals surface area contributed by atoms with Crippen LogP contribution in [0, 0.1) is 0 Å². The van der Waals surface area contributed by atoms with E-state index < -0.39 is 12.1 Å². The van der Waals surface area contributed by atoms with Crippen LogP contribution in [0.5, 0.6) is 11.5 Å². The highest BCUT2D eigenvalue weighted by Gasteiger charge is 2.29. The van der Waals surface area contributed by atoms with Crippen molar-refractivity contribution in [1.82, 2.24) is 0 Å². The third kappa shape index (κ3) is 3.23. The first-order valence-corrected chi connectivity index (χ1v) is 7.66. The van der Waals surface area contributed by atoms with Crippen LogP contribution in [0.15, 0.2) is 36.4 Å². The lowest BCUT2D eigenvalue weighted by Crippen LogP contribution is -2.38. The van der Waals surface area contributed by atoms with E-state index in [-0.39, 0.29) is 19.0 Å². The smallest absolute Gasteiger partial charge is 0.351 e. The highest BCUT2D eigenvalue weighted by atomic mass is 35.5. The number of ether oxygens (including phenoxy) is 3. The average molecular weight is 339 g/mol. The number of carbonyl (C=O) groups excluding carboxylic acids is 2. The number of esters is 1. The quantitative estimate of drug-likeness (QED) is 0.633. The Morgan fingerprint density at radius 2 is 2.00 bits per heavy atom. The molecule has 1 aliphatic heterocycles. The number of para-hydroxylation sites is 2. The first kappa shape index (κ1) is 14.9. The molecule has 7 heteroatoms. The Labute approximate surface area is 135 Å². The number of halogens is 1. The number of benzene rings is 1. The van der Waals surface area contributed by atoms with Gasteiger partial charge in [0.15, 0.2) is 18.1 Å². The molecule has 0 fully saturated rings. The molecular formula is C15H11ClO5S. The molecule has 0 spiro atoms. The maximum absolute atomic E-state index is 11.9. The molecular weight excluding hydrogens is 328 g/mol. The van der Waals surface area contributed by atoms with Gasteiger partial charge >= 0.3 is 5.97 Å². The van der Waals surface area contributed by atoms with Gasteiger partial charge < -0.3 is 14.2 Å². The second-order valence-electron chi connectivity index (χ2n) is 4.50. The van der Waals surface area contributed by atoms with E-state index in [9.17, 15) is 9.59 Å². The molecule has 0 amide bonds. The van der Waals surface area contributed by atoms with Crippen molar-refractivity contribution in [2.24, 2.45) is 0 Å². The average Bonchev–Trinajstić information content (AvgIpc) is 2.98. The predicted octanol–water partition coefficient (Wildman–Crippen LogP) is 2.97. The fourth-order valence-corrected chi connectivity index (χ4v) is 2.87. The summed E-state index contributed by atoms with van der Waals surface area (Å²) in [6, 6.07) is 10.3. The van der Waals surface area contributed by atoms with Gasteiger partial charge in [-0.05, 0) is 24.3 Å². The Bertz CT molecular complexity index is 711. The number of fused-ring (bicyclic) bond motifs is 1. The molecule has 1 aromatic carbocycles. The van der Waals surface area contributed by atoms with E-state index in [1.54, 1.807) is 30.3 Å². The van der Waals surface area contributed by atoms with E-state index >= 15 is 0 Å². The molecule has 0 radical (unpaired) electrons. The SMILES string of the molecule is O=C(COC(=O)C1COc2ccccc2O1)c1ccc(Cl)s1. The van der Waals surface area contributed by atoms with Crippen molar-refractivity contribution in [2.75, 3.05) is 13.2 Å². The van der Waals surface area contributed by atoms with Crippen molar-refractivity contribution < 1.29 is 23.8 Å². The van der Waals surface area contributed by atoms with E-state index in [1.807, 2.05) is 6.07 Å². The standard InChI is InChI=1S/C15H11ClO5S/c16-14-6-5-13(22-14)9(17)7-20-15(18)12-8-19-10-3-1-2-4-11(10)21-12/h1-6,12H,7-8H2. The van der Waals surface area contributed by atoms with Crippen LogP contribution in [0.1, 0.15) is 9.67 Å². The van der Waals surface area contributed by atoms with Gasteiger partial charge in [0.2, 0.25) is 11.9 Å². The zero-order chi connectivity index (χ0) is 15.5. The maximum atomic E-state index is 11.9. The summed E-state index contributed by atoms with van der Waals surface area (Å²) in [7, 11) is 0. The molecule has 22 heavy (non-hydrogen) atoms. The lowest BCUT2D eigenvalue weighted by atomic mass is 10.2. The van der Waals surface area contributed by atoms with Crippen LogP contribution in [-0.2, 0) is 9.53 Å². The topological polar surface area (TPSA) is 61.8 Å². The van der Waals surface area contributed by atoms with Crippen LogP contribution in [-0.4, -0.2) is 31.1 Å². The van der Waals surface area contributed by atoms with Gasteiger partial charge in [-0.1, -0.05) is 23.7 Å². The summed E-state index contributed by atoms with van der Waals surface area (Å²) in [6.45, 7) is -0.300. The fourth-order valence-electron chi connectivity index (χ4n) is 1.90. The monoisotopic (exact) mass is 338 g/mol. The first-order chi connectivity index (χ1) is 10.6. The van der Waals surface area contributed by atoms with Crippen LogP contribution in [0.25, 0.3) is 0 Å². The molecule has 0 N–H and O–H groups in total. The number of rotatable bonds is 4. The normalized spacial score (nSPS) is 16.1. The number of hydrogen-bond donors (Lipinski definition) is 0. The minimum Gasteiger partial charge on any atom is -0.485 e. The summed E-state index contributed by atoms with van der Waals surface area (Å²) in [6.07, 6.45) is -0.880. The minimum atomic E-state index is -0.880. The van der Waals surface area contributed by atoms with Crippen LogP contribution in [0.2, 0.25) is 4.34 Å².